The van der Waals surface area contributed by atoms with Crippen LogP contribution in [0.4, 0.5) is 8.78 Å². The van der Waals surface area contributed by atoms with Gasteiger partial charge in [0.25, 0.3) is 0 Å². The topological polar surface area (TPSA) is 39.3 Å². The molecule has 0 spiro atoms. The van der Waals surface area contributed by atoms with Crippen LogP contribution in [-0.4, -0.2) is 26.6 Å². The summed E-state index contributed by atoms with van der Waals surface area (Å²) in [7, 11) is 0. The fourth-order valence-electron chi connectivity index (χ4n) is 6.55. The Labute approximate surface area is 168 Å². The second kappa shape index (κ2) is 5.82. The molecule has 3 fully saturated rings. The lowest BCUT2D eigenvalue weighted by Crippen LogP contribution is -2.59. The average molecular weight is 394 g/mol. The molecule has 7 rings (SSSR count). The molecule has 0 amide bonds. The van der Waals surface area contributed by atoms with Crippen molar-refractivity contribution in [1.29, 1.82) is 0 Å². The van der Waals surface area contributed by atoms with Gasteiger partial charge in [0.15, 0.2) is 0 Å². The number of H-pyrrole nitrogens is 1. The minimum Gasteiger partial charge on any atom is -0.508 e. The number of nitrogens with one attached hydrogen (secondary N) is 1. The molecule has 0 saturated heterocycles. The molecule has 1 aromatic heterocycles. The molecule has 0 radical (unpaired) electrons. The summed E-state index contributed by atoms with van der Waals surface area (Å²) in [6.45, 7) is 2.19. The van der Waals surface area contributed by atoms with Crippen molar-refractivity contribution in [2.45, 2.75) is 56.7 Å². The molecule has 2 aromatic carbocycles. The number of benzene rings is 2. The highest BCUT2D eigenvalue weighted by molar-refractivity contribution is 5.85. The summed E-state index contributed by atoms with van der Waals surface area (Å²) in [4.78, 5) is 5.90. The van der Waals surface area contributed by atoms with Crippen molar-refractivity contribution < 1.29 is 13.9 Å². The lowest BCUT2D eigenvalue weighted by atomic mass is 9.72. The summed E-state index contributed by atoms with van der Waals surface area (Å²) >= 11 is 0. The maximum Gasteiger partial charge on any atom is 0.135 e. The number of aromatic amines is 1. The van der Waals surface area contributed by atoms with Crippen LogP contribution >= 0.6 is 0 Å². The molecule has 2 atom stereocenters. The summed E-state index contributed by atoms with van der Waals surface area (Å²) in [6.07, 6.45) is 5.39. The monoisotopic (exact) mass is 394 g/mol. The minimum absolute atomic E-state index is 0.0283. The molecule has 3 aliphatic carbocycles. The van der Waals surface area contributed by atoms with E-state index in [9.17, 15) is 5.11 Å². The fourth-order valence-corrected chi connectivity index (χ4v) is 6.55. The van der Waals surface area contributed by atoms with E-state index in [1.165, 1.54) is 6.42 Å². The number of hydrogen-bond acceptors (Lipinski definition) is 2. The van der Waals surface area contributed by atoms with Crippen molar-refractivity contribution in [2.24, 2.45) is 5.92 Å². The van der Waals surface area contributed by atoms with E-state index >= 15 is 8.78 Å². The van der Waals surface area contributed by atoms with Gasteiger partial charge in [-0.15, -0.1) is 0 Å². The third kappa shape index (κ3) is 2.31. The molecule has 2 bridgehead atoms. The van der Waals surface area contributed by atoms with Crippen molar-refractivity contribution in [3.05, 3.63) is 64.9 Å². The number of para-hydroxylation sites is 1. The zero-order valence-electron chi connectivity index (χ0n) is 16.4. The maximum absolute atomic E-state index is 15.1. The lowest BCUT2D eigenvalue weighted by Gasteiger charge is -2.55. The standard InChI is InChI=1S/C24H24F2N2O/c1-13-8-17-16-4-2-3-5-20(16)27-22(17)23(21-18(25)9-15(29)10-19(21)26)28(13)24-7-6-14(11-24)12-24/h2-5,9-10,13-14,23,27,29H,6-8,11-12H2,1H3/t13-,14?,23-,24?/m1/s1. The highest BCUT2D eigenvalue weighted by Gasteiger charge is 2.58. The van der Waals surface area contributed by atoms with E-state index in [1.807, 2.05) is 18.2 Å². The number of nitrogens with zero attached hydrogens (tertiary/aromatic N) is 1. The van der Waals surface area contributed by atoms with Gasteiger partial charge in [-0.1, -0.05) is 18.2 Å². The van der Waals surface area contributed by atoms with E-state index < -0.39 is 17.7 Å². The predicted molar refractivity (Wildman–Crippen MR) is 108 cm³/mol. The first-order chi connectivity index (χ1) is 14.0. The Bertz CT molecular complexity index is 1100. The van der Waals surface area contributed by atoms with E-state index in [0.717, 1.165) is 65.9 Å². The zero-order valence-corrected chi connectivity index (χ0v) is 16.4. The molecular weight excluding hydrogens is 370 g/mol. The van der Waals surface area contributed by atoms with Gasteiger partial charge in [-0.25, -0.2) is 8.78 Å². The quantitative estimate of drug-likeness (QED) is 0.608. The molecular formula is C24H24F2N2O. The van der Waals surface area contributed by atoms with Gasteiger partial charge in [0.05, 0.1) is 6.04 Å². The van der Waals surface area contributed by atoms with Crippen LogP contribution < -0.4 is 0 Å². The largest absolute Gasteiger partial charge is 0.508 e. The van der Waals surface area contributed by atoms with Gasteiger partial charge in [-0.2, -0.15) is 0 Å². The van der Waals surface area contributed by atoms with E-state index in [4.69, 9.17) is 0 Å². The van der Waals surface area contributed by atoms with Crippen molar-refractivity contribution in [3.63, 3.8) is 0 Å². The second-order valence-electron chi connectivity index (χ2n) is 9.29. The van der Waals surface area contributed by atoms with Crippen LogP contribution in [0.2, 0.25) is 0 Å². The van der Waals surface area contributed by atoms with Gasteiger partial charge in [-0.05, 0) is 56.6 Å². The molecule has 3 aromatic rings. The van der Waals surface area contributed by atoms with Crippen molar-refractivity contribution >= 4 is 10.9 Å². The number of rotatable bonds is 2. The van der Waals surface area contributed by atoms with E-state index in [0.29, 0.717) is 0 Å². The fraction of sp³-hybridized carbons (Fsp3) is 0.417. The van der Waals surface area contributed by atoms with Gasteiger partial charge in [0.2, 0.25) is 0 Å². The number of aromatic nitrogens is 1. The zero-order chi connectivity index (χ0) is 19.9. The number of halogens is 2. The molecule has 4 aliphatic rings. The third-order valence-corrected chi connectivity index (χ3v) is 7.61. The highest BCUT2D eigenvalue weighted by Crippen LogP contribution is 2.60. The number of hydrogen-bond donors (Lipinski definition) is 2. The second-order valence-corrected chi connectivity index (χ2v) is 9.29. The minimum atomic E-state index is -0.679. The normalized spacial score (nSPS) is 31.1. The first kappa shape index (κ1) is 17.5. The van der Waals surface area contributed by atoms with E-state index in [-0.39, 0.29) is 22.9 Å². The van der Waals surface area contributed by atoms with Gasteiger partial charge < -0.3 is 10.1 Å². The van der Waals surface area contributed by atoms with Gasteiger partial charge >= 0.3 is 0 Å². The Kier molecular flexibility index (Phi) is 3.50. The first-order valence-electron chi connectivity index (χ1n) is 10.5. The Hall–Kier alpha value is -2.40. The summed E-state index contributed by atoms with van der Waals surface area (Å²) in [5.74, 6) is -0.983. The molecule has 2 N–H and O–H groups in total. The molecule has 5 heteroatoms. The number of phenolic OH excluding ortho intramolecular Hbond substituents is 1. The summed E-state index contributed by atoms with van der Waals surface area (Å²) in [6, 6.07) is 9.84. The lowest BCUT2D eigenvalue weighted by molar-refractivity contribution is -0.0356. The van der Waals surface area contributed by atoms with Crippen LogP contribution in [0.3, 0.4) is 0 Å². The summed E-state index contributed by atoms with van der Waals surface area (Å²) in [5.41, 5.74) is 3.14. The van der Waals surface area contributed by atoms with Crippen LogP contribution in [0, 0.1) is 17.6 Å². The van der Waals surface area contributed by atoms with Crippen molar-refractivity contribution in [2.75, 3.05) is 0 Å². The van der Waals surface area contributed by atoms with Crippen LogP contribution in [0.5, 0.6) is 5.75 Å². The first-order valence-corrected chi connectivity index (χ1v) is 10.5. The summed E-state index contributed by atoms with van der Waals surface area (Å²) in [5, 5.41) is 10.8. The Morgan fingerprint density at radius 1 is 1.14 bits per heavy atom. The summed E-state index contributed by atoms with van der Waals surface area (Å²) < 4.78 is 30.3. The van der Waals surface area contributed by atoms with Crippen LogP contribution in [0.15, 0.2) is 36.4 Å². The number of fused-ring (bicyclic) bond motifs is 4. The molecule has 3 saturated carbocycles. The smallest absolute Gasteiger partial charge is 0.135 e. The van der Waals surface area contributed by atoms with Gasteiger partial charge in [0.1, 0.15) is 17.4 Å². The number of phenols is 1. The molecule has 29 heavy (non-hydrogen) atoms. The molecule has 0 unspecified atom stereocenters. The Balaban J connectivity index is 1.62. The van der Waals surface area contributed by atoms with E-state index in [2.05, 4.69) is 22.9 Å². The van der Waals surface area contributed by atoms with E-state index in [1.54, 1.807) is 0 Å². The highest BCUT2D eigenvalue weighted by atomic mass is 19.1. The van der Waals surface area contributed by atoms with Crippen molar-refractivity contribution in [1.82, 2.24) is 9.88 Å². The molecule has 3 nitrogen and oxygen atoms in total. The van der Waals surface area contributed by atoms with Crippen molar-refractivity contribution in [3.8, 4) is 5.75 Å². The number of aromatic hydroxyl groups is 1. The third-order valence-electron chi connectivity index (χ3n) is 7.61. The SMILES string of the molecule is C[C@@H]1Cc2c([nH]c3ccccc23)[C@@H](c2c(F)cc(O)cc2F)N1C12CCC(C1)C2. The van der Waals surface area contributed by atoms with Crippen LogP contribution in [0.25, 0.3) is 10.9 Å². The molecule has 1 aliphatic heterocycles. The van der Waals surface area contributed by atoms with Crippen LogP contribution in [-0.2, 0) is 6.42 Å². The predicted octanol–water partition coefficient (Wildman–Crippen LogP) is 5.43. The maximum atomic E-state index is 15.1. The Morgan fingerprint density at radius 3 is 2.55 bits per heavy atom. The van der Waals surface area contributed by atoms with Gasteiger partial charge in [-0.3, -0.25) is 4.90 Å². The average Bonchev–Trinajstić information content (AvgIpc) is 3.33. The molecule has 2 heterocycles. The molecule has 150 valence electrons. The van der Waals surface area contributed by atoms with Crippen LogP contribution in [0.1, 0.15) is 55.5 Å². The Morgan fingerprint density at radius 2 is 1.86 bits per heavy atom. The van der Waals surface area contributed by atoms with Gasteiger partial charge in [0, 0.05) is 45.9 Å².